The standard InChI is InChI=1S/C13H11NO4/c15-14(16)11-6-2-4-9-3-1-5-10(12(9)11)13-17-7-8-18-13/h1-6,13H,7-8H2. The monoisotopic (exact) mass is 245 g/mol. The summed E-state index contributed by atoms with van der Waals surface area (Å²) in [6.07, 6.45) is -0.505. The summed E-state index contributed by atoms with van der Waals surface area (Å²) < 4.78 is 10.9. The second-order valence-electron chi connectivity index (χ2n) is 4.05. The Morgan fingerprint density at radius 1 is 1.11 bits per heavy atom. The van der Waals surface area contributed by atoms with E-state index in [2.05, 4.69) is 0 Å². The fourth-order valence-electron chi connectivity index (χ4n) is 2.24. The van der Waals surface area contributed by atoms with Crippen LogP contribution in [0.4, 0.5) is 5.69 Å². The summed E-state index contributed by atoms with van der Waals surface area (Å²) in [4.78, 5) is 10.7. The Balaban J connectivity index is 2.27. The van der Waals surface area contributed by atoms with Gasteiger partial charge in [0.05, 0.1) is 23.5 Å². The summed E-state index contributed by atoms with van der Waals surface area (Å²) in [6.45, 7) is 1.03. The van der Waals surface area contributed by atoms with E-state index in [1.54, 1.807) is 6.07 Å². The lowest BCUT2D eigenvalue weighted by atomic mass is 10.0. The van der Waals surface area contributed by atoms with E-state index in [0.29, 0.717) is 18.6 Å². The van der Waals surface area contributed by atoms with E-state index in [-0.39, 0.29) is 10.6 Å². The minimum absolute atomic E-state index is 0.0854. The number of nitro benzene ring substituents is 1. The minimum atomic E-state index is -0.505. The molecule has 0 N–H and O–H groups in total. The molecule has 1 aliphatic heterocycles. The molecule has 1 saturated heterocycles. The van der Waals surface area contributed by atoms with Gasteiger partial charge in [-0.05, 0) is 5.39 Å². The first-order valence-corrected chi connectivity index (χ1v) is 5.66. The molecule has 2 aromatic carbocycles. The molecule has 3 rings (SSSR count). The van der Waals surface area contributed by atoms with E-state index in [1.807, 2.05) is 24.3 Å². The van der Waals surface area contributed by atoms with Gasteiger partial charge in [-0.1, -0.05) is 30.3 Å². The lowest BCUT2D eigenvalue weighted by Gasteiger charge is -2.12. The number of fused-ring (bicyclic) bond motifs is 1. The molecule has 0 aliphatic carbocycles. The van der Waals surface area contributed by atoms with Crippen LogP contribution in [0.15, 0.2) is 36.4 Å². The Hall–Kier alpha value is -1.98. The van der Waals surface area contributed by atoms with Crippen LogP contribution in [0.25, 0.3) is 10.8 Å². The molecule has 18 heavy (non-hydrogen) atoms. The number of benzene rings is 2. The molecular formula is C13H11NO4. The van der Waals surface area contributed by atoms with Gasteiger partial charge in [-0.3, -0.25) is 10.1 Å². The SMILES string of the molecule is O=[N+]([O-])c1cccc2cccc(C3OCCO3)c12. The molecule has 1 aliphatic rings. The molecule has 0 bridgehead atoms. The first kappa shape index (κ1) is 11.1. The molecule has 1 heterocycles. The molecule has 0 amide bonds. The van der Waals surface area contributed by atoms with Gasteiger partial charge in [0, 0.05) is 11.6 Å². The van der Waals surface area contributed by atoms with Gasteiger partial charge in [-0.25, -0.2) is 0 Å². The second kappa shape index (κ2) is 4.36. The minimum Gasteiger partial charge on any atom is -0.346 e. The van der Waals surface area contributed by atoms with Gasteiger partial charge in [-0.15, -0.1) is 0 Å². The van der Waals surface area contributed by atoms with Crippen LogP contribution in [0.1, 0.15) is 11.9 Å². The largest absolute Gasteiger partial charge is 0.346 e. The molecule has 1 fully saturated rings. The summed E-state index contributed by atoms with van der Waals surface area (Å²) in [5.74, 6) is 0. The average Bonchev–Trinajstić information content (AvgIpc) is 2.91. The van der Waals surface area contributed by atoms with Crippen molar-refractivity contribution in [2.45, 2.75) is 6.29 Å². The summed E-state index contributed by atoms with van der Waals surface area (Å²) in [7, 11) is 0. The lowest BCUT2D eigenvalue weighted by Crippen LogP contribution is -2.01. The van der Waals surface area contributed by atoms with Crippen LogP contribution in [0, 0.1) is 10.1 Å². The van der Waals surface area contributed by atoms with Gasteiger partial charge in [0.1, 0.15) is 0 Å². The quantitative estimate of drug-likeness (QED) is 0.603. The van der Waals surface area contributed by atoms with Crippen LogP contribution in [-0.4, -0.2) is 18.1 Å². The smallest absolute Gasteiger partial charge is 0.277 e. The third kappa shape index (κ3) is 1.73. The summed E-state index contributed by atoms with van der Waals surface area (Å²) in [5.41, 5.74) is 0.805. The van der Waals surface area contributed by atoms with Crippen molar-refractivity contribution in [3.05, 3.63) is 52.1 Å². The summed E-state index contributed by atoms with van der Waals surface area (Å²) in [5, 5.41) is 12.5. The zero-order valence-corrected chi connectivity index (χ0v) is 9.54. The Kier molecular flexibility index (Phi) is 2.70. The van der Waals surface area contributed by atoms with E-state index >= 15 is 0 Å². The fraction of sp³-hybridized carbons (Fsp3) is 0.231. The number of rotatable bonds is 2. The molecule has 0 atom stereocenters. The predicted molar refractivity (Wildman–Crippen MR) is 65.2 cm³/mol. The predicted octanol–water partition coefficient (Wildman–Crippen LogP) is 2.79. The lowest BCUT2D eigenvalue weighted by molar-refractivity contribution is -0.383. The number of ether oxygens (including phenoxy) is 2. The van der Waals surface area contributed by atoms with Gasteiger partial charge in [-0.2, -0.15) is 0 Å². The molecule has 0 radical (unpaired) electrons. The molecule has 0 unspecified atom stereocenters. The van der Waals surface area contributed by atoms with Crippen molar-refractivity contribution in [1.29, 1.82) is 0 Å². The maximum atomic E-state index is 11.1. The van der Waals surface area contributed by atoms with Gasteiger partial charge >= 0.3 is 0 Å². The highest BCUT2D eigenvalue weighted by Gasteiger charge is 2.24. The Morgan fingerprint density at radius 2 is 1.78 bits per heavy atom. The number of non-ortho nitro benzene ring substituents is 1. The summed E-state index contributed by atoms with van der Waals surface area (Å²) in [6, 6.07) is 10.5. The highest BCUT2D eigenvalue weighted by molar-refractivity contribution is 5.93. The van der Waals surface area contributed by atoms with Crippen LogP contribution in [-0.2, 0) is 9.47 Å². The van der Waals surface area contributed by atoms with Gasteiger partial charge in [0.25, 0.3) is 5.69 Å². The Labute approximate surface area is 103 Å². The van der Waals surface area contributed by atoms with E-state index in [9.17, 15) is 10.1 Å². The first-order chi connectivity index (χ1) is 8.77. The third-order valence-corrected chi connectivity index (χ3v) is 2.99. The topological polar surface area (TPSA) is 61.6 Å². The number of nitro groups is 1. The number of hydrogen-bond acceptors (Lipinski definition) is 4. The average molecular weight is 245 g/mol. The van der Waals surface area contributed by atoms with Crippen LogP contribution >= 0.6 is 0 Å². The van der Waals surface area contributed by atoms with Crippen molar-refractivity contribution in [2.24, 2.45) is 0 Å². The van der Waals surface area contributed by atoms with Gasteiger partial charge in [0.2, 0.25) is 0 Å². The number of hydrogen-bond donors (Lipinski definition) is 0. The zero-order chi connectivity index (χ0) is 12.5. The van der Waals surface area contributed by atoms with Gasteiger partial charge in [0.15, 0.2) is 6.29 Å². The van der Waals surface area contributed by atoms with Crippen LogP contribution in [0.5, 0.6) is 0 Å². The van der Waals surface area contributed by atoms with E-state index in [0.717, 1.165) is 10.9 Å². The highest BCUT2D eigenvalue weighted by atomic mass is 16.7. The van der Waals surface area contributed by atoms with E-state index in [1.165, 1.54) is 6.07 Å². The van der Waals surface area contributed by atoms with Crippen molar-refractivity contribution < 1.29 is 14.4 Å². The van der Waals surface area contributed by atoms with Crippen LogP contribution in [0.3, 0.4) is 0 Å². The summed E-state index contributed by atoms with van der Waals surface area (Å²) >= 11 is 0. The van der Waals surface area contributed by atoms with Crippen molar-refractivity contribution >= 4 is 16.5 Å². The Morgan fingerprint density at radius 3 is 2.44 bits per heavy atom. The second-order valence-corrected chi connectivity index (χ2v) is 4.05. The molecular weight excluding hydrogens is 234 g/mol. The van der Waals surface area contributed by atoms with Crippen molar-refractivity contribution in [3.8, 4) is 0 Å². The van der Waals surface area contributed by atoms with Crippen molar-refractivity contribution in [1.82, 2.24) is 0 Å². The maximum Gasteiger partial charge on any atom is 0.277 e. The molecule has 5 heteroatoms. The van der Waals surface area contributed by atoms with Gasteiger partial charge < -0.3 is 9.47 Å². The first-order valence-electron chi connectivity index (χ1n) is 5.66. The molecule has 5 nitrogen and oxygen atoms in total. The van der Waals surface area contributed by atoms with E-state index < -0.39 is 6.29 Å². The third-order valence-electron chi connectivity index (χ3n) is 2.99. The van der Waals surface area contributed by atoms with E-state index in [4.69, 9.17) is 9.47 Å². The van der Waals surface area contributed by atoms with Crippen molar-refractivity contribution in [3.63, 3.8) is 0 Å². The molecule has 92 valence electrons. The zero-order valence-electron chi connectivity index (χ0n) is 9.54. The Bertz CT molecular complexity index is 600. The molecule has 2 aromatic rings. The van der Waals surface area contributed by atoms with Crippen LogP contribution in [0.2, 0.25) is 0 Å². The number of nitrogens with zero attached hydrogens (tertiary/aromatic N) is 1. The molecule has 0 saturated carbocycles. The normalized spacial score (nSPS) is 16.2. The molecule has 0 aromatic heterocycles. The van der Waals surface area contributed by atoms with Crippen molar-refractivity contribution in [2.75, 3.05) is 13.2 Å². The van der Waals surface area contributed by atoms with Crippen LogP contribution < -0.4 is 0 Å². The maximum absolute atomic E-state index is 11.1. The fourth-order valence-corrected chi connectivity index (χ4v) is 2.24. The highest BCUT2D eigenvalue weighted by Crippen LogP contribution is 2.35. The molecule has 0 spiro atoms.